The summed E-state index contributed by atoms with van der Waals surface area (Å²) in [6.07, 6.45) is 5.46. The van der Waals surface area contributed by atoms with Crippen LogP contribution in [0.25, 0.3) is 10.9 Å². The lowest BCUT2D eigenvalue weighted by Gasteiger charge is -2.45. The van der Waals surface area contributed by atoms with Crippen LogP contribution < -0.4 is 0 Å². The van der Waals surface area contributed by atoms with Gasteiger partial charge in [0.15, 0.2) is 0 Å². The van der Waals surface area contributed by atoms with E-state index in [1.54, 1.807) is 6.20 Å². The van der Waals surface area contributed by atoms with Crippen molar-refractivity contribution in [2.24, 2.45) is 11.8 Å². The van der Waals surface area contributed by atoms with E-state index in [-0.39, 0.29) is 17.8 Å². The molecule has 2 aliphatic rings. The maximum absolute atomic E-state index is 13.2. The highest BCUT2D eigenvalue weighted by Gasteiger charge is 2.35. The fourth-order valence-electron chi connectivity index (χ4n) is 5.90. The second kappa shape index (κ2) is 12.0. The van der Waals surface area contributed by atoms with E-state index in [1.807, 2.05) is 53.4 Å². The summed E-state index contributed by atoms with van der Waals surface area (Å²) in [6.45, 7) is 5.22. The molecule has 3 aromatic rings. The van der Waals surface area contributed by atoms with Crippen molar-refractivity contribution in [3.05, 3.63) is 75.9 Å². The minimum Gasteiger partial charge on any atom is -0.466 e. The summed E-state index contributed by atoms with van der Waals surface area (Å²) in [5.41, 5.74) is 2.70. The van der Waals surface area contributed by atoms with E-state index in [9.17, 15) is 9.59 Å². The van der Waals surface area contributed by atoms with E-state index in [1.165, 1.54) is 6.92 Å². The van der Waals surface area contributed by atoms with Crippen LogP contribution in [-0.2, 0) is 16.0 Å². The van der Waals surface area contributed by atoms with Crippen LogP contribution in [0.1, 0.15) is 42.1 Å². The molecule has 5 rings (SSSR count). The molecule has 0 aliphatic carbocycles. The third kappa shape index (κ3) is 6.31. The van der Waals surface area contributed by atoms with E-state index in [0.717, 1.165) is 68.3 Å². The number of ether oxygens (including phenoxy) is 1. The Morgan fingerprint density at radius 3 is 2.53 bits per heavy atom. The van der Waals surface area contributed by atoms with Gasteiger partial charge in [0.25, 0.3) is 5.91 Å². The minimum absolute atomic E-state index is 0.0507. The second-order valence-corrected chi connectivity index (χ2v) is 11.3. The third-order valence-electron chi connectivity index (χ3n) is 8.01. The molecule has 2 atom stereocenters. The van der Waals surface area contributed by atoms with E-state index in [4.69, 9.17) is 27.9 Å². The van der Waals surface area contributed by atoms with Gasteiger partial charge < -0.3 is 9.64 Å². The normalized spacial score (nSPS) is 21.0. The number of hydrogen-bond acceptors (Lipinski definition) is 5. The quantitative estimate of drug-likeness (QED) is 0.356. The van der Waals surface area contributed by atoms with Crippen molar-refractivity contribution in [2.75, 3.05) is 32.8 Å². The number of aromatic nitrogens is 1. The van der Waals surface area contributed by atoms with E-state index < -0.39 is 0 Å². The van der Waals surface area contributed by atoms with Crippen molar-refractivity contribution in [3.8, 4) is 0 Å². The minimum atomic E-state index is -0.245. The lowest BCUT2D eigenvalue weighted by Crippen LogP contribution is -2.52. The Bertz CT molecular complexity index is 1310. The predicted molar refractivity (Wildman–Crippen MR) is 151 cm³/mol. The van der Waals surface area contributed by atoms with Crippen molar-refractivity contribution in [1.82, 2.24) is 14.8 Å². The number of pyridine rings is 1. The van der Waals surface area contributed by atoms with Gasteiger partial charge >= 0.3 is 5.97 Å². The topological polar surface area (TPSA) is 62.7 Å². The summed E-state index contributed by atoms with van der Waals surface area (Å²) >= 11 is 12.4. The fourth-order valence-corrected chi connectivity index (χ4v) is 6.22. The zero-order chi connectivity index (χ0) is 26.6. The van der Waals surface area contributed by atoms with Gasteiger partial charge in [-0.3, -0.25) is 19.5 Å². The molecule has 0 N–H and O–H groups in total. The summed E-state index contributed by atoms with van der Waals surface area (Å²) in [5.74, 6) is 0.440. The summed E-state index contributed by atoms with van der Waals surface area (Å²) in [4.78, 5) is 33.8. The molecule has 6 nitrogen and oxygen atoms in total. The number of rotatable bonds is 6. The average molecular weight is 555 g/mol. The molecule has 2 aliphatic heterocycles. The van der Waals surface area contributed by atoms with Crippen LogP contribution in [0, 0.1) is 11.8 Å². The maximum Gasteiger partial charge on any atom is 0.302 e. The molecule has 3 heterocycles. The van der Waals surface area contributed by atoms with Crippen LogP contribution in [0.5, 0.6) is 0 Å². The first kappa shape index (κ1) is 26.9. The van der Waals surface area contributed by atoms with Crippen LogP contribution >= 0.6 is 23.2 Å². The number of benzene rings is 2. The number of carbonyl (C=O) groups is 2. The summed E-state index contributed by atoms with van der Waals surface area (Å²) in [5, 5.41) is 2.11. The molecule has 2 fully saturated rings. The monoisotopic (exact) mass is 553 g/mol. The van der Waals surface area contributed by atoms with Gasteiger partial charge in [0.05, 0.1) is 27.7 Å². The first-order chi connectivity index (χ1) is 18.4. The van der Waals surface area contributed by atoms with Crippen molar-refractivity contribution in [2.45, 2.75) is 38.6 Å². The number of hydrogen-bond donors (Lipinski definition) is 0. The van der Waals surface area contributed by atoms with Gasteiger partial charge in [0, 0.05) is 50.1 Å². The highest BCUT2D eigenvalue weighted by Crippen LogP contribution is 2.32. The summed E-state index contributed by atoms with van der Waals surface area (Å²) in [6, 6.07) is 16.0. The first-order valence-corrected chi connectivity index (χ1v) is 14.1. The number of carbonyl (C=O) groups excluding carboxylic acids is 2. The summed E-state index contributed by atoms with van der Waals surface area (Å²) < 4.78 is 5.48. The summed E-state index contributed by atoms with van der Waals surface area (Å²) in [7, 11) is 0. The van der Waals surface area contributed by atoms with Crippen molar-refractivity contribution < 1.29 is 14.3 Å². The number of nitrogens with zero attached hydrogens (tertiary/aromatic N) is 3. The Morgan fingerprint density at radius 2 is 1.76 bits per heavy atom. The highest BCUT2D eigenvalue weighted by atomic mass is 35.5. The second-order valence-electron chi connectivity index (χ2n) is 10.5. The van der Waals surface area contributed by atoms with E-state index in [0.29, 0.717) is 34.2 Å². The molecule has 200 valence electrons. The number of likely N-dealkylation sites (tertiary alicyclic amines) is 2. The van der Waals surface area contributed by atoms with Gasteiger partial charge in [0.1, 0.15) is 0 Å². The van der Waals surface area contributed by atoms with Gasteiger partial charge in [0.2, 0.25) is 0 Å². The number of esters is 1. The van der Waals surface area contributed by atoms with E-state index >= 15 is 0 Å². The van der Waals surface area contributed by atoms with Crippen molar-refractivity contribution in [1.29, 1.82) is 0 Å². The fraction of sp³-hybridized carbons (Fsp3) is 0.433. The molecule has 2 aromatic carbocycles. The SMILES string of the molecule is CC(=O)OC[C@@H]1CN(C2CCN(C(=O)c3cnc4ccccc4c3)CC2)CCC1Cc1ccc(Cl)c(Cl)c1. The lowest BCUT2D eigenvalue weighted by atomic mass is 9.80. The van der Waals surface area contributed by atoms with Crippen molar-refractivity contribution in [3.63, 3.8) is 0 Å². The van der Waals surface area contributed by atoms with Crippen LogP contribution in [0.2, 0.25) is 10.0 Å². The molecule has 0 saturated carbocycles. The number of piperidine rings is 2. The number of para-hydroxylation sites is 1. The van der Waals surface area contributed by atoms with Crippen molar-refractivity contribution >= 4 is 46.0 Å². The molecule has 38 heavy (non-hydrogen) atoms. The van der Waals surface area contributed by atoms with Gasteiger partial charge in [-0.25, -0.2) is 0 Å². The number of amides is 1. The first-order valence-electron chi connectivity index (χ1n) is 13.3. The Kier molecular flexibility index (Phi) is 8.51. The molecule has 0 bridgehead atoms. The van der Waals surface area contributed by atoms with Crippen LogP contribution in [0.15, 0.2) is 54.7 Å². The Labute approximate surface area is 233 Å². The Balaban J connectivity index is 1.20. The van der Waals surface area contributed by atoms with Gasteiger partial charge in [-0.2, -0.15) is 0 Å². The molecular formula is C30H33Cl2N3O3. The molecule has 1 aromatic heterocycles. The van der Waals surface area contributed by atoms with Crippen LogP contribution in [0.4, 0.5) is 0 Å². The molecule has 0 spiro atoms. The Hall–Kier alpha value is -2.67. The average Bonchev–Trinajstić information content (AvgIpc) is 2.94. The molecule has 2 saturated heterocycles. The highest BCUT2D eigenvalue weighted by molar-refractivity contribution is 6.42. The molecule has 8 heteroatoms. The van der Waals surface area contributed by atoms with Gasteiger partial charge in [-0.15, -0.1) is 0 Å². The molecular weight excluding hydrogens is 521 g/mol. The Morgan fingerprint density at radius 1 is 0.974 bits per heavy atom. The number of halogens is 2. The lowest BCUT2D eigenvalue weighted by molar-refractivity contribution is -0.143. The predicted octanol–water partition coefficient (Wildman–Crippen LogP) is 5.89. The zero-order valence-electron chi connectivity index (χ0n) is 21.6. The van der Waals surface area contributed by atoms with Gasteiger partial charge in [-0.1, -0.05) is 47.5 Å². The van der Waals surface area contributed by atoms with Crippen LogP contribution in [0.3, 0.4) is 0 Å². The number of fused-ring (bicyclic) bond motifs is 1. The standard InChI is InChI=1S/C30H33Cl2N3O3/c1-20(36)38-19-25-18-35(11-8-22(25)14-21-6-7-27(31)28(32)15-21)26-9-12-34(13-10-26)30(37)24-16-23-4-2-3-5-29(23)33-17-24/h2-7,15-17,22,25-26H,8-14,18-19H2,1H3/t22?,25-/m0/s1. The molecule has 0 radical (unpaired) electrons. The largest absolute Gasteiger partial charge is 0.466 e. The molecule has 1 amide bonds. The third-order valence-corrected chi connectivity index (χ3v) is 8.75. The zero-order valence-corrected chi connectivity index (χ0v) is 23.1. The van der Waals surface area contributed by atoms with Gasteiger partial charge in [-0.05, 0) is 68.0 Å². The van der Waals surface area contributed by atoms with E-state index in [2.05, 4.69) is 9.88 Å². The maximum atomic E-state index is 13.2. The van der Waals surface area contributed by atoms with Crippen LogP contribution in [-0.4, -0.2) is 65.5 Å². The smallest absolute Gasteiger partial charge is 0.302 e. The molecule has 1 unspecified atom stereocenters.